The Balaban J connectivity index is 1.32. The topological polar surface area (TPSA) is 89.0 Å². The predicted octanol–water partition coefficient (Wildman–Crippen LogP) is 2.36. The van der Waals surface area contributed by atoms with Crippen molar-refractivity contribution in [1.82, 2.24) is 20.0 Å². The summed E-state index contributed by atoms with van der Waals surface area (Å²) >= 11 is 5.83. The molecule has 2 fully saturated rings. The molecule has 2 aliphatic heterocycles. The van der Waals surface area contributed by atoms with Crippen LogP contribution in [-0.4, -0.2) is 44.8 Å². The number of ether oxygens (including phenoxy) is 1. The second-order valence-corrected chi connectivity index (χ2v) is 9.32. The average molecular weight is 455 g/mol. The number of piperidine rings is 1. The van der Waals surface area contributed by atoms with E-state index < -0.39 is 0 Å². The highest BCUT2D eigenvalue weighted by molar-refractivity contribution is 6.30. The molecule has 0 saturated carbocycles. The van der Waals surface area contributed by atoms with Gasteiger partial charge in [-0.2, -0.15) is 5.43 Å². The van der Waals surface area contributed by atoms with E-state index in [0.717, 1.165) is 29.8 Å². The molecule has 8 nitrogen and oxygen atoms in total. The molecule has 2 aliphatic rings. The smallest absolute Gasteiger partial charge is 0.272 e. The first-order chi connectivity index (χ1) is 15.3. The summed E-state index contributed by atoms with van der Waals surface area (Å²) in [5.41, 5.74) is 4.95. The van der Waals surface area contributed by atoms with Crippen molar-refractivity contribution in [2.75, 3.05) is 20.1 Å². The minimum Gasteiger partial charge on any atom is -0.487 e. The highest BCUT2D eigenvalue weighted by Gasteiger charge is 2.72. The lowest BCUT2D eigenvalue weighted by atomic mass is 9.95. The molecule has 0 aliphatic carbocycles. The summed E-state index contributed by atoms with van der Waals surface area (Å²) < 4.78 is 7.88. The van der Waals surface area contributed by atoms with Crippen LogP contribution in [0.5, 0.6) is 5.75 Å². The molecule has 3 atom stereocenters. The first kappa shape index (κ1) is 20.9. The van der Waals surface area contributed by atoms with Crippen molar-refractivity contribution < 1.29 is 9.33 Å². The molecule has 32 heavy (non-hydrogen) atoms. The van der Waals surface area contributed by atoms with Crippen LogP contribution in [0.15, 0.2) is 58.4 Å². The molecule has 3 aromatic rings. The van der Waals surface area contributed by atoms with Gasteiger partial charge in [-0.05, 0) is 37.3 Å². The summed E-state index contributed by atoms with van der Waals surface area (Å²) in [6.07, 6.45) is 4.12. The van der Waals surface area contributed by atoms with E-state index in [4.69, 9.17) is 16.3 Å². The molecule has 0 radical (unpaired) electrons. The molecule has 5 heterocycles. The molecule has 2 N–H and O–H groups in total. The highest BCUT2D eigenvalue weighted by Crippen LogP contribution is 2.54. The van der Waals surface area contributed by atoms with E-state index in [1.165, 1.54) is 10.6 Å². The Morgan fingerprint density at radius 2 is 2.16 bits per heavy atom. The summed E-state index contributed by atoms with van der Waals surface area (Å²) in [6, 6.07) is 10.2. The Hall–Kier alpha value is -2.94. The lowest BCUT2D eigenvalue weighted by Gasteiger charge is -2.17. The summed E-state index contributed by atoms with van der Waals surface area (Å²) in [7, 11) is 1.99. The number of H-pyrrole nitrogens is 1. The van der Waals surface area contributed by atoms with Gasteiger partial charge in [-0.1, -0.05) is 11.6 Å². The summed E-state index contributed by atoms with van der Waals surface area (Å²) in [4.78, 5) is 32.6. The fourth-order valence-electron chi connectivity index (χ4n) is 5.00. The highest BCUT2D eigenvalue weighted by atomic mass is 35.5. The number of nitrogens with one attached hydrogen (secondary N) is 2. The zero-order chi connectivity index (χ0) is 22.5. The van der Waals surface area contributed by atoms with Crippen molar-refractivity contribution >= 4 is 11.6 Å². The Morgan fingerprint density at radius 1 is 1.31 bits per heavy atom. The lowest BCUT2D eigenvalue weighted by Crippen LogP contribution is -2.41. The normalized spacial score (nSPS) is 26.0. The van der Waals surface area contributed by atoms with Crippen molar-refractivity contribution in [2.24, 2.45) is 0 Å². The molecule has 3 unspecified atom stereocenters. The number of pyridine rings is 3. The van der Waals surface area contributed by atoms with Crippen LogP contribution in [0.1, 0.15) is 30.7 Å². The van der Waals surface area contributed by atoms with Gasteiger partial charge in [-0.3, -0.25) is 19.1 Å². The van der Waals surface area contributed by atoms with Gasteiger partial charge in [0.05, 0.1) is 16.6 Å². The Bertz CT molecular complexity index is 1290. The van der Waals surface area contributed by atoms with Crippen LogP contribution in [0, 0.1) is 0 Å². The number of aromatic amines is 1. The Kier molecular flexibility index (Phi) is 4.96. The molecular formula is C23H25ClN5O3+. The summed E-state index contributed by atoms with van der Waals surface area (Å²) in [5.74, 6) is 0.696. The minimum atomic E-state index is -0.342. The van der Waals surface area contributed by atoms with Crippen LogP contribution >= 0.6 is 11.6 Å². The zero-order valence-electron chi connectivity index (χ0n) is 18.0. The predicted molar refractivity (Wildman–Crippen MR) is 121 cm³/mol. The molecule has 9 heteroatoms. The van der Waals surface area contributed by atoms with Crippen LogP contribution < -0.4 is 21.3 Å². The van der Waals surface area contributed by atoms with E-state index in [1.807, 2.05) is 13.1 Å². The van der Waals surface area contributed by atoms with Crippen LogP contribution in [0.4, 0.5) is 0 Å². The number of rotatable bonds is 6. The molecule has 166 valence electrons. The molecular weight excluding hydrogens is 430 g/mol. The number of hydrogen-bond acceptors (Lipinski definition) is 5. The first-order valence-electron chi connectivity index (χ1n) is 10.6. The fourth-order valence-corrected chi connectivity index (χ4v) is 5.11. The van der Waals surface area contributed by atoms with Gasteiger partial charge >= 0.3 is 0 Å². The summed E-state index contributed by atoms with van der Waals surface area (Å²) in [6.45, 7) is 4.57. The van der Waals surface area contributed by atoms with Crippen LogP contribution in [0.2, 0.25) is 5.02 Å². The van der Waals surface area contributed by atoms with Gasteiger partial charge < -0.3 is 9.72 Å². The number of aromatic nitrogens is 3. The van der Waals surface area contributed by atoms with Crippen LogP contribution in [0.25, 0.3) is 5.69 Å². The monoisotopic (exact) mass is 454 g/mol. The molecule has 2 saturated heterocycles. The van der Waals surface area contributed by atoms with E-state index in [1.54, 1.807) is 36.7 Å². The van der Waals surface area contributed by atoms with Gasteiger partial charge in [-0.25, -0.2) is 4.59 Å². The molecule has 0 aromatic carbocycles. The van der Waals surface area contributed by atoms with Crippen LogP contribution in [-0.2, 0) is 6.61 Å². The van der Waals surface area contributed by atoms with Gasteiger partial charge in [0.15, 0.2) is 12.1 Å². The first-order valence-corrected chi connectivity index (χ1v) is 11.0. The van der Waals surface area contributed by atoms with Crippen molar-refractivity contribution in [3.05, 3.63) is 85.9 Å². The number of hydrogen-bond donors (Lipinski definition) is 2. The van der Waals surface area contributed by atoms with E-state index in [0.29, 0.717) is 16.5 Å². The number of halogens is 1. The number of quaternary nitrogens is 1. The number of nitrogens with zero attached hydrogens (tertiary/aromatic N) is 3. The maximum atomic E-state index is 12.8. The third-order valence-corrected chi connectivity index (χ3v) is 7.09. The van der Waals surface area contributed by atoms with Gasteiger partial charge in [0.25, 0.3) is 11.1 Å². The van der Waals surface area contributed by atoms with Gasteiger partial charge in [-0.15, -0.1) is 0 Å². The standard InChI is InChI=1S/C23H24ClN5O3/c1-23-10-15(12-29(23,14-23)25-2)19-5-6-20(22(31)27-19)28-8-7-18(9-21(28)30)32-13-17-4-3-16(24)11-26-17/h3-9,11,15,25H,10,12-14H2,1-2H3/p+1. The van der Waals surface area contributed by atoms with Gasteiger partial charge in [0, 0.05) is 37.6 Å². The maximum absolute atomic E-state index is 12.8. The second-order valence-electron chi connectivity index (χ2n) is 8.89. The van der Waals surface area contributed by atoms with Crippen LogP contribution in [0.3, 0.4) is 0 Å². The van der Waals surface area contributed by atoms with Crippen molar-refractivity contribution in [3.63, 3.8) is 0 Å². The third-order valence-electron chi connectivity index (χ3n) is 6.86. The average Bonchev–Trinajstić information content (AvgIpc) is 3.25. The quantitative estimate of drug-likeness (QED) is 0.441. The SMILES string of the molecule is CN[N+]12CC(c3ccc(-n4ccc(OCc5ccc(Cl)cn5)cc4=O)c(=O)[nH]3)CC1(C)C2. The van der Waals surface area contributed by atoms with E-state index in [9.17, 15) is 9.59 Å². The molecule has 0 amide bonds. The largest absolute Gasteiger partial charge is 0.487 e. The van der Waals surface area contributed by atoms with Crippen molar-refractivity contribution in [2.45, 2.75) is 31.4 Å². The Labute approximate surface area is 190 Å². The molecule has 3 aromatic heterocycles. The van der Waals surface area contributed by atoms with E-state index >= 15 is 0 Å². The third kappa shape index (κ3) is 3.54. The Morgan fingerprint density at radius 3 is 2.81 bits per heavy atom. The van der Waals surface area contributed by atoms with E-state index in [-0.39, 0.29) is 34.9 Å². The van der Waals surface area contributed by atoms with Crippen molar-refractivity contribution in [1.29, 1.82) is 0 Å². The number of fused-ring (bicyclic) bond motifs is 1. The maximum Gasteiger partial charge on any atom is 0.272 e. The fraction of sp³-hybridized carbons (Fsp3) is 0.348. The molecule has 0 bridgehead atoms. The molecule has 0 spiro atoms. The van der Waals surface area contributed by atoms with Gasteiger partial charge in [0.1, 0.15) is 24.6 Å². The van der Waals surface area contributed by atoms with E-state index in [2.05, 4.69) is 22.3 Å². The minimum absolute atomic E-state index is 0.211. The second kappa shape index (κ2) is 7.58. The van der Waals surface area contributed by atoms with Gasteiger partial charge in [0.2, 0.25) is 0 Å². The lowest BCUT2D eigenvalue weighted by molar-refractivity contribution is -0.862. The zero-order valence-corrected chi connectivity index (χ0v) is 18.7. The summed E-state index contributed by atoms with van der Waals surface area (Å²) in [5, 5.41) is 0.548. The van der Waals surface area contributed by atoms with Crippen molar-refractivity contribution in [3.8, 4) is 11.4 Å². The molecule has 5 rings (SSSR count).